The largest absolute Gasteiger partial charge is 0.398 e. The monoisotopic (exact) mass is 414 g/mol. The second-order valence-electron chi connectivity index (χ2n) is 5.03. The Balaban J connectivity index is 1.93. The average molecular weight is 414 g/mol. The van der Waals surface area contributed by atoms with Crippen molar-refractivity contribution in [1.82, 2.24) is 4.31 Å². The van der Waals surface area contributed by atoms with Gasteiger partial charge in [-0.3, -0.25) is 0 Å². The molecule has 0 radical (unpaired) electrons. The van der Waals surface area contributed by atoms with Gasteiger partial charge in [0.2, 0.25) is 10.0 Å². The van der Waals surface area contributed by atoms with Crippen LogP contribution < -0.4 is 5.73 Å². The smallest absolute Gasteiger partial charge is 0.243 e. The van der Waals surface area contributed by atoms with Gasteiger partial charge in [0.05, 0.1) is 4.90 Å². The molecule has 110 valence electrons. The first-order chi connectivity index (χ1) is 9.98. The Morgan fingerprint density at radius 2 is 1.81 bits per heavy atom. The maximum absolute atomic E-state index is 12.7. The highest BCUT2D eigenvalue weighted by atomic mass is 127. The van der Waals surface area contributed by atoms with E-state index in [1.165, 1.54) is 4.31 Å². The van der Waals surface area contributed by atoms with Crippen LogP contribution in [-0.2, 0) is 23.0 Å². The Morgan fingerprint density at radius 1 is 1.10 bits per heavy atom. The molecular formula is C15H15IN2O2S. The van der Waals surface area contributed by atoms with Crippen LogP contribution in [0.1, 0.15) is 11.1 Å². The molecule has 0 fully saturated rings. The minimum atomic E-state index is -3.45. The lowest BCUT2D eigenvalue weighted by Crippen LogP contribution is -2.36. The number of sulfonamides is 1. The van der Waals surface area contributed by atoms with E-state index in [2.05, 4.69) is 22.6 Å². The molecule has 1 aliphatic rings. The topological polar surface area (TPSA) is 63.4 Å². The Kier molecular flexibility index (Phi) is 3.94. The lowest BCUT2D eigenvalue weighted by atomic mass is 9.99. The van der Waals surface area contributed by atoms with Crippen molar-refractivity contribution in [3.63, 3.8) is 0 Å². The number of benzene rings is 2. The molecule has 1 heterocycles. The van der Waals surface area contributed by atoms with Gasteiger partial charge < -0.3 is 5.73 Å². The van der Waals surface area contributed by atoms with Crippen LogP contribution in [0.2, 0.25) is 0 Å². The number of hydrogen-bond donors (Lipinski definition) is 1. The van der Waals surface area contributed by atoms with Crippen molar-refractivity contribution in [1.29, 1.82) is 0 Å². The van der Waals surface area contributed by atoms with E-state index >= 15 is 0 Å². The van der Waals surface area contributed by atoms with Crippen LogP contribution in [0.25, 0.3) is 0 Å². The lowest BCUT2D eigenvalue weighted by Gasteiger charge is -2.28. The number of fused-ring (bicyclic) bond motifs is 1. The average Bonchev–Trinajstić information content (AvgIpc) is 2.47. The van der Waals surface area contributed by atoms with Crippen molar-refractivity contribution in [2.45, 2.75) is 17.9 Å². The molecule has 0 unspecified atom stereocenters. The van der Waals surface area contributed by atoms with Gasteiger partial charge in [0.15, 0.2) is 0 Å². The summed E-state index contributed by atoms with van der Waals surface area (Å²) in [5.41, 5.74) is 8.77. The molecule has 0 bridgehead atoms. The van der Waals surface area contributed by atoms with Gasteiger partial charge in [0.25, 0.3) is 0 Å². The minimum Gasteiger partial charge on any atom is -0.398 e. The van der Waals surface area contributed by atoms with Gasteiger partial charge >= 0.3 is 0 Å². The van der Waals surface area contributed by atoms with Crippen LogP contribution in [0.4, 0.5) is 5.69 Å². The molecule has 0 saturated carbocycles. The van der Waals surface area contributed by atoms with Crippen molar-refractivity contribution in [2.75, 3.05) is 12.3 Å². The second kappa shape index (κ2) is 5.58. The van der Waals surface area contributed by atoms with Gasteiger partial charge in [-0.2, -0.15) is 4.31 Å². The normalized spacial score (nSPS) is 15.7. The van der Waals surface area contributed by atoms with Gasteiger partial charge in [-0.05, 0) is 70.5 Å². The summed E-state index contributed by atoms with van der Waals surface area (Å²) in [6.45, 7) is 0.851. The highest BCUT2D eigenvalue weighted by molar-refractivity contribution is 14.1. The number of nitrogens with two attached hydrogens (primary N) is 1. The van der Waals surface area contributed by atoms with Gasteiger partial charge in [0.1, 0.15) is 0 Å². The molecule has 0 aromatic heterocycles. The maximum atomic E-state index is 12.7. The van der Waals surface area contributed by atoms with Crippen molar-refractivity contribution in [2.24, 2.45) is 0 Å². The number of anilines is 1. The summed E-state index contributed by atoms with van der Waals surface area (Å²) in [6, 6.07) is 12.6. The van der Waals surface area contributed by atoms with E-state index in [1.807, 2.05) is 30.3 Å². The SMILES string of the molecule is Nc1cccc2c1CCN(S(=O)(=O)c1ccc(I)cc1)C2. The van der Waals surface area contributed by atoms with E-state index in [1.54, 1.807) is 12.1 Å². The predicted octanol–water partition coefficient (Wildman–Crippen LogP) is 2.62. The first kappa shape index (κ1) is 14.8. The molecule has 21 heavy (non-hydrogen) atoms. The molecule has 0 aliphatic carbocycles. The number of halogens is 1. The minimum absolute atomic E-state index is 0.343. The summed E-state index contributed by atoms with van der Waals surface area (Å²) in [7, 11) is -3.45. The summed E-state index contributed by atoms with van der Waals surface area (Å²) in [5, 5.41) is 0. The highest BCUT2D eigenvalue weighted by Crippen LogP contribution is 2.28. The van der Waals surface area contributed by atoms with Crippen molar-refractivity contribution in [3.8, 4) is 0 Å². The van der Waals surface area contributed by atoms with E-state index in [4.69, 9.17) is 5.73 Å². The predicted molar refractivity (Wildman–Crippen MR) is 91.3 cm³/mol. The summed E-state index contributed by atoms with van der Waals surface area (Å²) >= 11 is 2.16. The van der Waals surface area contributed by atoms with Crippen LogP contribution in [0.5, 0.6) is 0 Å². The summed E-state index contributed by atoms with van der Waals surface area (Å²) in [5.74, 6) is 0. The number of hydrogen-bond acceptors (Lipinski definition) is 3. The molecule has 4 nitrogen and oxygen atoms in total. The van der Waals surface area contributed by atoms with Crippen molar-refractivity contribution < 1.29 is 8.42 Å². The quantitative estimate of drug-likeness (QED) is 0.607. The molecular weight excluding hydrogens is 399 g/mol. The van der Waals surface area contributed by atoms with E-state index in [9.17, 15) is 8.42 Å². The Bertz CT molecular complexity index is 773. The molecule has 2 aromatic rings. The second-order valence-corrected chi connectivity index (χ2v) is 8.21. The van der Waals surface area contributed by atoms with Crippen molar-refractivity contribution in [3.05, 3.63) is 57.2 Å². The highest BCUT2D eigenvalue weighted by Gasteiger charge is 2.28. The van der Waals surface area contributed by atoms with E-state index in [0.29, 0.717) is 24.4 Å². The first-order valence-electron chi connectivity index (χ1n) is 6.60. The van der Waals surface area contributed by atoms with E-state index < -0.39 is 10.0 Å². The van der Waals surface area contributed by atoms with Crippen LogP contribution in [0.3, 0.4) is 0 Å². The summed E-state index contributed by atoms with van der Waals surface area (Å²) in [4.78, 5) is 0.343. The number of nitrogens with zero attached hydrogens (tertiary/aromatic N) is 1. The zero-order chi connectivity index (χ0) is 15.0. The first-order valence-corrected chi connectivity index (χ1v) is 9.12. The fourth-order valence-corrected chi connectivity index (χ4v) is 4.35. The van der Waals surface area contributed by atoms with Crippen LogP contribution in [-0.4, -0.2) is 19.3 Å². The molecule has 0 saturated heterocycles. The van der Waals surface area contributed by atoms with Crippen LogP contribution in [0.15, 0.2) is 47.4 Å². The summed E-state index contributed by atoms with van der Waals surface area (Å²) < 4.78 is 27.9. The standard InChI is InChI=1S/C15H15IN2O2S/c16-12-4-6-13(7-5-12)21(19,20)18-9-8-14-11(10-18)2-1-3-15(14)17/h1-7H,8-10,17H2. The molecule has 0 spiro atoms. The third-order valence-corrected chi connectivity index (χ3v) is 6.30. The molecule has 6 heteroatoms. The molecule has 3 rings (SSSR count). The molecule has 2 aromatic carbocycles. The fraction of sp³-hybridized carbons (Fsp3) is 0.200. The zero-order valence-corrected chi connectivity index (χ0v) is 14.3. The van der Waals surface area contributed by atoms with Crippen molar-refractivity contribution >= 4 is 38.3 Å². The maximum Gasteiger partial charge on any atom is 0.243 e. The van der Waals surface area contributed by atoms with Gasteiger partial charge in [-0.1, -0.05) is 12.1 Å². The third kappa shape index (κ3) is 2.79. The summed E-state index contributed by atoms with van der Waals surface area (Å²) in [6.07, 6.45) is 0.658. The number of nitrogen functional groups attached to an aromatic ring is 1. The van der Waals surface area contributed by atoms with Gasteiger partial charge in [0, 0.05) is 22.3 Å². The molecule has 2 N–H and O–H groups in total. The number of rotatable bonds is 2. The Morgan fingerprint density at radius 3 is 2.52 bits per heavy atom. The Hall–Kier alpha value is -1.12. The molecule has 0 atom stereocenters. The zero-order valence-electron chi connectivity index (χ0n) is 11.3. The van der Waals surface area contributed by atoms with E-state index in [-0.39, 0.29) is 0 Å². The van der Waals surface area contributed by atoms with Gasteiger partial charge in [-0.25, -0.2) is 8.42 Å². The van der Waals surface area contributed by atoms with Crippen LogP contribution in [0, 0.1) is 3.57 Å². The third-order valence-electron chi connectivity index (χ3n) is 3.72. The molecule has 0 amide bonds. The Labute approximate surface area is 138 Å². The molecule has 1 aliphatic heterocycles. The van der Waals surface area contributed by atoms with Gasteiger partial charge in [-0.15, -0.1) is 0 Å². The van der Waals surface area contributed by atoms with E-state index in [0.717, 1.165) is 20.4 Å². The lowest BCUT2D eigenvalue weighted by molar-refractivity contribution is 0.392. The van der Waals surface area contributed by atoms with Crippen LogP contribution >= 0.6 is 22.6 Å². The fourth-order valence-electron chi connectivity index (χ4n) is 2.57.